The second kappa shape index (κ2) is 9.76. The number of rotatable bonds is 7. The van der Waals surface area contributed by atoms with Crippen LogP contribution in [0.4, 0.5) is 5.69 Å². The molecule has 1 saturated heterocycles. The fraction of sp³-hybridized carbons (Fsp3) is 0.381. The first-order valence-corrected chi connectivity index (χ1v) is 11.5. The second-order valence-electron chi connectivity index (χ2n) is 7.03. The van der Waals surface area contributed by atoms with Crippen LogP contribution in [0.2, 0.25) is 5.02 Å². The lowest BCUT2D eigenvalue weighted by molar-refractivity contribution is -0.120. The number of hydrogen-bond acceptors (Lipinski definition) is 6. The highest BCUT2D eigenvalue weighted by atomic mass is 35.5. The van der Waals surface area contributed by atoms with Crippen molar-refractivity contribution < 1.29 is 27.4 Å². The molecule has 168 valence electrons. The van der Waals surface area contributed by atoms with Gasteiger partial charge in [0.2, 0.25) is 15.9 Å². The Labute approximate surface area is 187 Å². The van der Waals surface area contributed by atoms with E-state index in [9.17, 15) is 13.2 Å². The molecule has 0 bridgehead atoms. The molecule has 0 aromatic heterocycles. The van der Waals surface area contributed by atoms with E-state index in [-0.39, 0.29) is 35.6 Å². The van der Waals surface area contributed by atoms with E-state index < -0.39 is 10.0 Å². The van der Waals surface area contributed by atoms with Gasteiger partial charge in [-0.1, -0.05) is 11.6 Å². The van der Waals surface area contributed by atoms with Gasteiger partial charge < -0.3 is 19.5 Å². The molecule has 2 aromatic rings. The van der Waals surface area contributed by atoms with Crippen molar-refractivity contribution in [3.05, 3.63) is 41.4 Å². The Hall–Kier alpha value is -2.49. The van der Waals surface area contributed by atoms with Gasteiger partial charge in [0.15, 0.2) is 0 Å². The number of halogens is 1. The molecule has 0 spiro atoms. The summed E-state index contributed by atoms with van der Waals surface area (Å²) in [4.78, 5) is 12.8. The second-order valence-corrected chi connectivity index (χ2v) is 9.37. The fourth-order valence-corrected chi connectivity index (χ4v) is 5.38. The van der Waals surface area contributed by atoms with Crippen LogP contribution in [0, 0.1) is 5.92 Å². The summed E-state index contributed by atoms with van der Waals surface area (Å²) in [7, 11) is 0.668. The monoisotopic (exact) mass is 468 g/mol. The smallest absolute Gasteiger partial charge is 0.246 e. The van der Waals surface area contributed by atoms with Crippen molar-refractivity contribution in [1.29, 1.82) is 0 Å². The summed E-state index contributed by atoms with van der Waals surface area (Å²) >= 11 is 6.00. The summed E-state index contributed by atoms with van der Waals surface area (Å²) in [6.07, 6.45) is 0.778. The zero-order valence-electron chi connectivity index (χ0n) is 17.6. The van der Waals surface area contributed by atoms with Crippen molar-refractivity contribution in [1.82, 2.24) is 4.31 Å². The lowest BCUT2D eigenvalue weighted by Gasteiger charge is -2.31. The van der Waals surface area contributed by atoms with Gasteiger partial charge in [0.05, 0.1) is 27.0 Å². The molecule has 1 heterocycles. The molecule has 0 atom stereocenters. The highest BCUT2D eigenvalue weighted by Crippen LogP contribution is 2.33. The number of hydrogen-bond donors (Lipinski definition) is 1. The predicted octanol–water partition coefficient (Wildman–Crippen LogP) is 3.41. The Morgan fingerprint density at radius 2 is 1.65 bits per heavy atom. The van der Waals surface area contributed by atoms with Gasteiger partial charge in [0, 0.05) is 30.1 Å². The van der Waals surface area contributed by atoms with Gasteiger partial charge in [0.25, 0.3) is 0 Å². The van der Waals surface area contributed by atoms with E-state index in [1.807, 2.05) is 0 Å². The van der Waals surface area contributed by atoms with Crippen molar-refractivity contribution in [2.45, 2.75) is 17.7 Å². The molecule has 1 aliphatic heterocycles. The van der Waals surface area contributed by atoms with Crippen molar-refractivity contribution in [2.24, 2.45) is 5.92 Å². The molecule has 1 N–H and O–H groups in total. The molecule has 1 aliphatic rings. The largest absolute Gasteiger partial charge is 0.497 e. The third kappa shape index (κ3) is 5.06. The molecule has 1 amide bonds. The van der Waals surface area contributed by atoms with E-state index in [1.165, 1.54) is 30.7 Å². The molecule has 8 nitrogen and oxygen atoms in total. The zero-order chi connectivity index (χ0) is 22.6. The van der Waals surface area contributed by atoms with Gasteiger partial charge in [-0.2, -0.15) is 4.31 Å². The summed E-state index contributed by atoms with van der Waals surface area (Å²) in [6, 6.07) is 9.61. The third-order valence-electron chi connectivity index (χ3n) is 5.23. The molecule has 0 radical (unpaired) electrons. The number of ether oxygens (including phenoxy) is 3. The summed E-state index contributed by atoms with van der Waals surface area (Å²) < 4.78 is 43.2. The molecular formula is C21H25ClN2O6S. The Kier molecular flexibility index (Phi) is 7.30. The highest BCUT2D eigenvalue weighted by Gasteiger charge is 2.34. The van der Waals surface area contributed by atoms with Crippen LogP contribution in [0.15, 0.2) is 41.3 Å². The summed E-state index contributed by atoms with van der Waals surface area (Å²) in [6.45, 7) is 0.427. The van der Waals surface area contributed by atoms with Crippen LogP contribution in [0.1, 0.15) is 12.8 Å². The normalized spacial score (nSPS) is 15.4. The van der Waals surface area contributed by atoms with Crippen molar-refractivity contribution >= 4 is 33.2 Å². The number of anilines is 1. The van der Waals surface area contributed by atoms with Gasteiger partial charge in [-0.25, -0.2) is 8.42 Å². The van der Waals surface area contributed by atoms with Crippen LogP contribution >= 0.6 is 11.6 Å². The van der Waals surface area contributed by atoms with E-state index in [2.05, 4.69) is 5.32 Å². The number of sulfonamides is 1. The van der Waals surface area contributed by atoms with Crippen molar-refractivity contribution in [2.75, 3.05) is 39.7 Å². The number of carbonyl (C=O) groups excluding carboxylic acids is 1. The average Bonchev–Trinajstić information content (AvgIpc) is 2.79. The Balaban J connectivity index is 1.70. The number of amides is 1. The van der Waals surface area contributed by atoms with Gasteiger partial charge in [-0.05, 0) is 43.2 Å². The molecule has 0 unspecified atom stereocenters. The Morgan fingerprint density at radius 3 is 2.26 bits per heavy atom. The first-order chi connectivity index (χ1) is 14.8. The van der Waals surface area contributed by atoms with E-state index in [1.54, 1.807) is 31.4 Å². The number of benzene rings is 2. The van der Waals surface area contributed by atoms with Gasteiger partial charge in [0.1, 0.15) is 22.1 Å². The molecule has 1 fully saturated rings. The lowest BCUT2D eigenvalue weighted by atomic mass is 9.97. The van der Waals surface area contributed by atoms with Crippen LogP contribution in [0.25, 0.3) is 0 Å². The molecule has 0 aliphatic carbocycles. The maximum Gasteiger partial charge on any atom is 0.246 e. The van der Waals surface area contributed by atoms with Crippen LogP contribution in [0.5, 0.6) is 17.2 Å². The van der Waals surface area contributed by atoms with Crippen LogP contribution in [0.3, 0.4) is 0 Å². The quantitative estimate of drug-likeness (QED) is 0.669. The Morgan fingerprint density at radius 1 is 1.00 bits per heavy atom. The third-order valence-corrected chi connectivity index (χ3v) is 7.39. The minimum Gasteiger partial charge on any atom is -0.497 e. The first-order valence-electron chi connectivity index (χ1n) is 9.66. The topological polar surface area (TPSA) is 94.2 Å². The minimum absolute atomic E-state index is 0.0199. The minimum atomic E-state index is -3.80. The molecular weight excluding hydrogens is 444 g/mol. The van der Waals surface area contributed by atoms with Crippen LogP contribution in [-0.2, 0) is 14.8 Å². The van der Waals surface area contributed by atoms with Gasteiger partial charge in [-0.3, -0.25) is 4.79 Å². The SMILES string of the molecule is COc1ccc(OC)c(NC(=O)C2CCN(S(=O)(=O)c3cc(Cl)ccc3OC)CC2)c1. The van der Waals surface area contributed by atoms with E-state index >= 15 is 0 Å². The number of nitrogens with one attached hydrogen (secondary N) is 1. The maximum atomic E-state index is 13.1. The molecule has 0 saturated carbocycles. The average molecular weight is 469 g/mol. The molecule has 10 heteroatoms. The van der Waals surface area contributed by atoms with E-state index in [4.69, 9.17) is 25.8 Å². The zero-order valence-corrected chi connectivity index (χ0v) is 19.1. The van der Waals surface area contributed by atoms with Gasteiger partial charge >= 0.3 is 0 Å². The molecule has 3 rings (SSSR count). The van der Waals surface area contributed by atoms with Gasteiger partial charge in [-0.15, -0.1) is 0 Å². The first kappa shape index (κ1) is 23.2. The molecule has 2 aromatic carbocycles. The highest BCUT2D eigenvalue weighted by molar-refractivity contribution is 7.89. The maximum absolute atomic E-state index is 13.1. The van der Waals surface area contributed by atoms with E-state index in [0.29, 0.717) is 35.1 Å². The summed E-state index contributed by atoms with van der Waals surface area (Å²) in [5, 5.41) is 3.17. The lowest BCUT2D eigenvalue weighted by Crippen LogP contribution is -2.41. The van der Waals surface area contributed by atoms with Crippen LogP contribution < -0.4 is 19.5 Å². The Bertz CT molecular complexity index is 1050. The number of nitrogens with zero attached hydrogens (tertiary/aromatic N) is 1. The number of carbonyl (C=O) groups is 1. The molecule has 31 heavy (non-hydrogen) atoms. The number of methoxy groups -OCH3 is 3. The van der Waals surface area contributed by atoms with Crippen molar-refractivity contribution in [3.63, 3.8) is 0 Å². The summed E-state index contributed by atoms with van der Waals surface area (Å²) in [5.74, 6) is 0.816. The van der Waals surface area contributed by atoms with Crippen molar-refractivity contribution in [3.8, 4) is 17.2 Å². The standard InChI is InChI=1S/C21H25ClN2O6S/c1-28-16-5-7-18(29-2)17(13-16)23-21(25)14-8-10-24(11-9-14)31(26,27)20-12-15(22)4-6-19(20)30-3/h4-7,12-14H,8-11H2,1-3H3,(H,23,25). The fourth-order valence-electron chi connectivity index (χ4n) is 3.50. The summed E-state index contributed by atoms with van der Waals surface area (Å²) in [5.41, 5.74) is 0.505. The number of piperidine rings is 1. The van der Waals surface area contributed by atoms with Crippen LogP contribution in [-0.4, -0.2) is 53.0 Å². The predicted molar refractivity (Wildman–Crippen MR) is 118 cm³/mol. The van der Waals surface area contributed by atoms with E-state index in [0.717, 1.165) is 0 Å².